The van der Waals surface area contributed by atoms with Crippen molar-refractivity contribution in [1.82, 2.24) is 9.71 Å². The van der Waals surface area contributed by atoms with Gasteiger partial charge in [-0.1, -0.05) is 0 Å². The van der Waals surface area contributed by atoms with Gasteiger partial charge in [0.05, 0.1) is 6.54 Å². The third-order valence-corrected chi connectivity index (χ3v) is 3.98. The van der Waals surface area contributed by atoms with E-state index in [0.29, 0.717) is 5.76 Å². The number of pyridine rings is 1. The molecule has 0 saturated carbocycles. The number of rotatable bonds is 5. The largest absolute Gasteiger partial charge is 0.447 e. The lowest BCUT2D eigenvalue weighted by atomic mass is 10.2. The first kappa shape index (κ1) is 13.7. The SMILES string of the molecule is Cc1ccncc1CNS(=O)(=O)c1ccc(CN)o1. The van der Waals surface area contributed by atoms with E-state index >= 15 is 0 Å². The Hall–Kier alpha value is -1.70. The third-order valence-electron chi connectivity index (χ3n) is 2.70. The van der Waals surface area contributed by atoms with E-state index < -0.39 is 10.0 Å². The Kier molecular flexibility index (Phi) is 3.98. The van der Waals surface area contributed by atoms with Crippen LogP contribution >= 0.6 is 0 Å². The predicted molar refractivity (Wildman–Crippen MR) is 69.6 cm³/mol. The van der Waals surface area contributed by atoms with Gasteiger partial charge in [-0.2, -0.15) is 0 Å². The molecule has 0 saturated heterocycles. The molecule has 19 heavy (non-hydrogen) atoms. The van der Waals surface area contributed by atoms with Crippen LogP contribution in [0.3, 0.4) is 0 Å². The molecular formula is C12H15N3O3S. The minimum absolute atomic E-state index is 0.130. The van der Waals surface area contributed by atoms with E-state index in [1.807, 2.05) is 13.0 Å². The monoisotopic (exact) mass is 281 g/mol. The summed E-state index contributed by atoms with van der Waals surface area (Å²) in [4.78, 5) is 3.96. The van der Waals surface area contributed by atoms with Gasteiger partial charge in [-0.05, 0) is 36.2 Å². The molecule has 0 aromatic carbocycles. The Morgan fingerprint density at radius 2 is 2.16 bits per heavy atom. The number of aromatic nitrogens is 1. The first-order valence-electron chi connectivity index (χ1n) is 5.71. The molecule has 2 rings (SSSR count). The van der Waals surface area contributed by atoms with Crippen molar-refractivity contribution in [2.24, 2.45) is 5.73 Å². The average molecular weight is 281 g/mol. The van der Waals surface area contributed by atoms with Crippen LogP contribution in [-0.4, -0.2) is 13.4 Å². The summed E-state index contributed by atoms with van der Waals surface area (Å²) in [5.41, 5.74) is 7.16. The van der Waals surface area contributed by atoms with Gasteiger partial charge in [0.25, 0.3) is 10.0 Å². The van der Waals surface area contributed by atoms with Gasteiger partial charge in [-0.15, -0.1) is 0 Å². The lowest BCUT2D eigenvalue weighted by Gasteiger charge is -2.06. The zero-order valence-electron chi connectivity index (χ0n) is 10.5. The van der Waals surface area contributed by atoms with E-state index in [1.54, 1.807) is 18.5 Å². The fourth-order valence-electron chi connectivity index (χ4n) is 1.54. The van der Waals surface area contributed by atoms with Crippen LogP contribution in [0.1, 0.15) is 16.9 Å². The molecule has 0 atom stereocenters. The maximum Gasteiger partial charge on any atom is 0.274 e. The lowest BCUT2D eigenvalue weighted by Crippen LogP contribution is -2.23. The first-order valence-corrected chi connectivity index (χ1v) is 7.19. The van der Waals surface area contributed by atoms with E-state index in [0.717, 1.165) is 11.1 Å². The van der Waals surface area contributed by atoms with Gasteiger partial charge >= 0.3 is 0 Å². The first-order chi connectivity index (χ1) is 9.03. The van der Waals surface area contributed by atoms with Crippen LogP contribution in [0.15, 0.2) is 40.1 Å². The number of aryl methyl sites for hydroxylation is 1. The van der Waals surface area contributed by atoms with Crippen LogP contribution in [0, 0.1) is 6.92 Å². The molecule has 0 aliphatic carbocycles. The Morgan fingerprint density at radius 3 is 2.79 bits per heavy atom. The second-order valence-electron chi connectivity index (χ2n) is 4.05. The summed E-state index contributed by atoms with van der Waals surface area (Å²) < 4.78 is 31.6. The number of hydrogen-bond acceptors (Lipinski definition) is 5. The molecule has 3 N–H and O–H groups in total. The van der Waals surface area contributed by atoms with Crippen molar-refractivity contribution < 1.29 is 12.8 Å². The number of sulfonamides is 1. The smallest absolute Gasteiger partial charge is 0.274 e. The maximum atomic E-state index is 12.0. The van der Waals surface area contributed by atoms with Crippen LogP contribution in [0.25, 0.3) is 0 Å². The molecule has 2 aromatic rings. The quantitative estimate of drug-likeness (QED) is 0.849. The molecule has 0 aliphatic rings. The summed E-state index contributed by atoms with van der Waals surface area (Å²) in [6.45, 7) is 2.22. The minimum Gasteiger partial charge on any atom is -0.447 e. The third kappa shape index (κ3) is 3.19. The van der Waals surface area contributed by atoms with Crippen LogP contribution in [-0.2, 0) is 23.1 Å². The molecule has 0 radical (unpaired) electrons. The van der Waals surface area contributed by atoms with Gasteiger partial charge < -0.3 is 10.2 Å². The molecule has 6 nitrogen and oxygen atoms in total. The molecule has 0 spiro atoms. The van der Waals surface area contributed by atoms with E-state index in [9.17, 15) is 8.42 Å². The number of nitrogens with one attached hydrogen (secondary N) is 1. The number of nitrogens with two attached hydrogens (primary N) is 1. The van der Waals surface area contributed by atoms with Crippen molar-refractivity contribution in [3.05, 3.63) is 47.5 Å². The van der Waals surface area contributed by atoms with E-state index in [4.69, 9.17) is 10.2 Å². The van der Waals surface area contributed by atoms with Gasteiger partial charge in [0.15, 0.2) is 0 Å². The molecule has 2 heterocycles. The summed E-state index contributed by atoms with van der Waals surface area (Å²) >= 11 is 0. The molecule has 0 aliphatic heterocycles. The zero-order valence-corrected chi connectivity index (χ0v) is 11.3. The number of nitrogens with zero attached hydrogens (tertiary/aromatic N) is 1. The standard InChI is InChI=1S/C12H15N3O3S/c1-9-4-5-14-7-10(9)8-15-19(16,17)12-3-2-11(6-13)18-12/h2-5,7,15H,6,8,13H2,1H3. The van der Waals surface area contributed by atoms with Crippen molar-refractivity contribution in [1.29, 1.82) is 0 Å². The van der Waals surface area contributed by atoms with Crippen LogP contribution in [0.4, 0.5) is 0 Å². The number of hydrogen-bond donors (Lipinski definition) is 2. The summed E-state index contributed by atoms with van der Waals surface area (Å²) in [7, 11) is -3.66. The highest BCUT2D eigenvalue weighted by Gasteiger charge is 2.18. The normalized spacial score (nSPS) is 11.7. The van der Waals surface area contributed by atoms with Gasteiger partial charge in [0.2, 0.25) is 5.09 Å². The molecule has 0 unspecified atom stereocenters. The Bertz CT molecular complexity index is 664. The van der Waals surface area contributed by atoms with E-state index in [1.165, 1.54) is 6.07 Å². The van der Waals surface area contributed by atoms with Crippen molar-refractivity contribution in [3.8, 4) is 0 Å². The molecule has 0 amide bonds. The maximum absolute atomic E-state index is 12.0. The van der Waals surface area contributed by atoms with Crippen molar-refractivity contribution in [3.63, 3.8) is 0 Å². The highest BCUT2D eigenvalue weighted by Crippen LogP contribution is 2.14. The average Bonchev–Trinajstić information content (AvgIpc) is 2.87. The Labute approximate surface area is 111 Å². The van der Waals surface area contributed by atoms with E-state index in [2.05, 4.69) is 9.71 Å². The fraction of sp³-hybridized carbons (Fsp3) is 0.250. The van der Waals surface area contributed by atoms with Gasteiger partial charge in [0, 0.05) is 18.9 Å². The van der Waals surface area contributed by atoms with Gasteiger partial charge in [-0.25, -0.2) is 13.1 Å². The predicted octanol–water partition coefficient (Wildman–Crippen LogP) is 0.920. The topological polar surface area (TPSA) is 98.2 Å². The van der Waals surface area contributed by atoms with Crippen molar-refractivity contribution >= 4 is 10.0 Å². The highest BCUT2D eigenvalue weighted by molar-refractivity contribution is 7.89. The second-order valence-corrected chi connectivity index (χ2v) is 5.75. The van der Waals surface area contributed by atoms with Crippen LogP contribution < -0.4 is 10.5 Å². The van der Waals surface area contributed by atoms with Crippen LogP contribution in [0.5, 0.6) is 0 Å². The highest BCUT2D eigenvalue weighted by atomic mass is 32.2. The lowest BCUT2D eigenvalue weighted by molar-refractivity contribution is 0.412. The summed E-state index contributed by atoms with van der Waals surface area (Å²) in [6, 6.07) is 4.76. The second kappa shape index (κ2) is 5.52. The van der Waals surface area contributed by atoms with Gasteiger partial charge in [0.1, 0.15) is 5.76 Å². The molecule has 2 aromatic heterocycles. The van der Waals surface area contributed by atoms with Gasteiger partial charge in [-0.3, -0.25) is 4.98 Å². The number of furan rings is 1. The van der Waals surface area contributed by atoms with Crippen molar-refractivity contribution in [2.75, 3.05) is 0 Å². The Balaban J connectivity index is 2.12. The summed E-state index contributed by atoms with van der Waals surface area (Å²) in [5.74, 6) is 0.429. The summed E-state index contributed by atoms with van der Waals surface area (Å²) in [5, 5.41) is -0.130. The summed E-state index contributed by atoms with van der Waals surface area (Å²) in [6.07, 6.45) is 3.29. The molecule has 0 fully saturated rings. The molecule has 102 valence electrons. The minimum atomic E-state index is -3.66. The zero-order chi connectivity index (χ0) is 13.9. The van der Waals surface area contributed by atoms with E-state index in [-0.39, 0.29) is 18.2 Å². The Morgan fingerprint density at radius 1 is 1.37 bits per heavy atom. The molecular weight excluding hydrogens is 266 g/mol. The molecule has 7 heteroatoms. The van der Waals surface area contributed by atoms with Crippen molar-refractivity contribution in [2.45, 2.75) is 25.1 Å². The fourth-order valence-corrected chi connectivity index (χ4v) is 2.49. The molecule has 0 bridgehead atoms. The van der Waals surface area contributed by atoms with Crippen LogP contribution in [0.2, 0.25) is 0 Å².